The zero-order chi connectivity index (χ0) is 14.9. The van der Waals surface area contributed by atoms with E-state index in [0.717, 1.165) is 25.1 Å². The van der Waals surface area contributed by atoms with E-state index in [2.05, 4.69) is 15.9 Å². The number of non-ortho nitro benzene ring substituents is 1. The highest BCUT2D eigenvalue weighted by Crippen LogP contribution is 2.34. The molecular weight excluding hydrogens is 326 g/mol. The van der Waals surface area contributed by atoms with Gasteiger partial charge in [-0.05, 0) is 34.8 Å². The fourth-order valence-electron chi connectivity index (χ4n) is 2.45. The molecule has 20 heavy (non-hydrogen) atoms. The molecule has 7 heteroatoms. The number of hydrogen-bond donors (Lipinski definition) is 0. The maximum absolute atomic E-state index is 12.2. The Morgan fingerprint density at radius 2 is 2.20 bits per heavy atom. The number of likely N-dealkylation sites (N-methyl/N-ethyl adjacent to an activating group) is 1. The van der Waals surface area contributed by atoms with Gasteiger partial charge in [0.15, 0.2) is 0 Å². The molecule has 1 aromatic carbocycles. The molecule has 1 aromatic rings. The maximum atomic E-state index is 12.2. The van der Waals surface area contributed by atoms with Crippen molar-refractivity contribution < 1.29 is 9.72 Å². The van der Waals surface area contributed by atoms with E-state index in [1.54, 1.807) is 25.1 Å². The average Bonchev–Trinajstić information content (AvgIpc) is 2.86. The third-order valence-corrected chi connectivity index (χ3v) is 4.07. The van der Waals surface area contributed by atoms with E-state index in [1.165, 1.54) is 12.1 Å². The van der Waals surface area contributed by atoms with Gasteiger partial charge in [-0.1, -0.05) is 0 Å². The van der Waals surface area contributed by atoms with Crippen LogP contribution in [0.3, 0.4) is 0 Å². The minimum absolute atomic E-state index is 0.0373. The van der Waals surface area contributed by atoms with Crippen molar-refractivity contribution in [3.8, 4) is 0 Å². The molecule has 6 nitrogen and oxygen atoms in total. The number of rotatable bonds is 3. The molecular formula is C13H16BrN3O3. The summed E-state index contributed by atoms with van der Waals surface area (Å²) >= 11 is 3.37. The number of carbonyl (C=O) groups is 1. The van der Waals surface area contributed by atoms with Gasteiger partial charge in [0.25, 0.3) is 5.69 Å². The third kappa shape index (κ3) is 2.77. The molecule has 0 spiro atoms. The summed E-state index contributed by atoms with van der Waals surface area (Å²) in [6.07, 6.45) is 1.74. The van der Waals surface area contributed by atoms with Crippen LogP contribution in [0.4, 0.5) is 11.4 Å². The molecule has 1 heterocycles. The maximum Gasteiger partial charge on any atom is 0.270 e. The predicted octanol–water partition coefficient (Wildman–Crippen LogP) is 2.41. The lowest BCUT2D eigenvalue weighted by atomic mass is 10.2. The average molecular weight is 342 g/mol. The molecule has 2 rings (SSSR count). The van der Waals surface area contributed by atoms with E-state index >= 15 is 0 Å². The van der Waals surface area contributed by atoms with Crippen LogP contribution in [0.15, 0.2) is 22.7 Å². The van der Waals surface area contributed by atoms with E-state index in [9.17, 15) is 14.9 Å². The highest BCUT2D eigenvalue weighted by atomic mass is 79.9. The molecule has 0 aliphatic carbocycles. The second kappa shape index (κ2) is 5.78. The van der Waals surface area contributed by atoms with Crippen LogP contribution in [-0.2, 0) is 4.79 Å². The molecule has 108 valence electrons. The molecule has 1 aliphatic rings. The molecule has 1 atom stereocenters. The summed E-state index contributed by atoms with van der Waals surface area (Å²) in [4.78, 5) is 26.1. The normalized spacial score (nSPS) is 18.1. The Morgan fingerprint density at radius 1 is 1.50 bits per heavy atom. The minimum Gasteiger partial charge on any atom is -0.359 e. The number of benzene rings is 1. The van der Waals surface area contributed by atoms with Crippen molar-refractivity contribution in [1.29, 1.82) is 0 Å². The Balaban J connectivity index is 2.31. The van der Waals surface area contributed by atoms with Crippen LogP contribution < -0.4 is 4.90 Å². The zero-order valence-corrected chi connectivity index (χ0v) is 13.0. The Bertz CT molecular complexity index is 548. The Morgan fingerprint density at radius 3 is 2.75 bits per heavy atom. The molecule has 1 fully saturated rings. The minimum atomic E-state index is -0.430. The van der Waals surface area contributed by atoms with E-state index < -0.39 is 4.92 Å². The Kier molecular flexibility index (Phi) is 4.27. The van der Waals surface area contributed by atoms with Gasteiger partial charge in [0, 0.05) is 37.2 Å². The van der Waals surface area contributed by atoms with E-state index in [4.69, 9.17) is 0 Å². The highest BCUT2D eigenvalue weighted by Gasteiger charge is 2.33. The van der Waals surface area contributed by atoms with Gasteiger partial charge in [-0.15, -0.1) is 0 Å². The van der Waals surface area contributed by atoms with Crippen molar-refractivity contribution in [2.75, 3.05) is 25.5 Å². The Labute approximate surface area is 125 Å². The molecule has 0 bridgehead atoms. The van der Waals surface area contributed by atoms with Crippen molar-refractivity contribution in [2.45, 2.75) is 18.9 Å². The summed E-state index contributed by atoms with van der Waals surface area (Å²) in [6, 6.07) is 4.45. The third-order valence-electron chi connectivity index (χ3n) is 3.43. The number of anilines is 1. The van der Waals surface area contributed by atoms with Gasteiger partial charge < -0.3 is 9.80 Å². The first kappa shape index (κ1) is 14.8. The molecule has 1 amide bonds. The second-order valence-electron chi connectivity index (χ2n) is 4.98. The van der Waals surface area contributed by atoms with Gasteiger partial charge >= 0.3 is 0 Å². The first-order valence-electron chi connectivity index (χ1n) is 6.33. The van der Waals surface area contributed by atoms with Crippen molar-refractivity contribution >= 4 is 33.2 Å². The van der Waals surface area contributed by atoms with Gasteiger partial charge in [0.1, 0.15) is 6.04 Å². The second-order valence-corrected chi connectivity index (χ2v) is 5.83. The van der Waals surface area contributed by atoms with Crippen LogP contribution in [0.2, 0.25) is 0 Å². The van der Waals surface area contributed by atoms with Crippen molar-refractivity contribution in [1.82, 2.24) is 4.90 Å². The predicted molar refractivity (Wildman–Crippen MR) is 79.9 cm³/mol. The number of carbonyl (C=O) groups excluding carboxylic acids is 1. The fourth-order valence-corrected chi connectivity index (χ4v) is 3.05. The SMILES string of the molecule is CN(C)C(=O)[C@@H]1CCCN1c1ccc([N+](=O)[O-])cc1Br. The molecule has 0 radical (unpaired) electrons. The first-order chi connectivity index (χ1) is 9.41. The topological polar surface area (TPSA) is 66.7 Å². The summed E-state index contributed by atoms with van der Waals surface area (Å²) in [5.74, 6) is 0.0627. The van der Waals surface area contributed by atoms with Crippen LogP contribution in [0.5, 0.6) is 0 Å². The van der Waals surface area contributed by atoms with Gasteiger partial charge in [-0.25, -0.2) is 0 Å². The van der Waals surface area contributed by atoms with Crippen LogP contribution in [0.25, 0.3) is 0 Å². The number of amides is 1. The van der Waals surface area contributed by atoms with Crippen LogP contribution in [0, 0.1) is 10.1 Å². The summed E-state index contributed by atoms with van der Waals surface area (Å²) in [5.41, 5.74) is 0.864. The standard InChI is InChI=1S/C13H16BrN3O3/c1-15(2)13(18)12-4-3-7-16(12)11-6-5-9(17(19)20)8-10(11)14/h5-6,8,12H,3-4,7H2,1-2H3/t12-/m0/s1. The van der Waals surface area contributed by atoms with Gasteiger partial charge in [-0.3, -0.25) is 14.9 Å². The smallest absolute Gasteiger partial charge is 0.270 e. The van der Waals surface area contributed by atoms with Crippen LogP contribution >= 0.6 is 15.9 Å². The quantitative estimate of drug-likeness (QED) is 0.625. The molecule has 1 aliphatic heterocycles. The van der Waals surface area contributed by atoms with Crippen LogP contribution in [-0.4, -0.2) is 42.4 Å². The van der Waals surface area contributed by atoms with Gasteiger partial charge in [-0.2, -0.15) is 0 Å². The molecule has 0 saturated carbocycles. The molecule has 0 unspecified atom stereocenters. The van der Waals surface area contributed by atoms with Crippen molar-refractivity contribution in [3.05, 3.63) is 32.8 Å². The fraction of sp³-hybridized carbons (Fsp3) is 0.462. The number of nitro benzene ring substituents is 1. The molecule has 0 aromatic heterocycles. The lowest BCUT2D eigenvalue weighted by Crippen LogP contribution is -2.42. The highest BCUT2D eigenvalue weighted by molar-refractivity contribution is 9.10. The Hall–Kier alpha value is -1.63. The largest absolute Gasteiger partial charge is 0.359 e. The number of hydrogen-bond acceptors (Lipinski definition) is 4. The van der Waals surface area contributed by atoms with E-state index in [1.807, 2.05) is 4.90 Å². The number of nitro groups is 1. The monoisotopic (exact) mass is 341 g/mol. The van der Waals surface area contributed by atoms with Gasteiger partial charge in [0.2, 0.25) is 5.91 Å². The lowest BCUT2D eigenvalue weighted by molar-refractivity contribution is -0.384. The van der Waals surface area contributed by atoms with E-state index in [-0.39, 0.29) is 17.6 Å². The number of nitrogens with zero attached hydrogens (tertiary/aromatic N) is 3. The summed E-state index contributed by atoms with van der Waals surface area (Å²) in [6.45, 7) is 0.778. The van der Waals surface area contributed by atoms with Crippen molar-refractivity contribution in [3.63, 3.8) is 0 Å². The van der Waals surface area contributed by atoms with Crippen molar-refractivity contribution in [2.24, 2.45) is 0 Å². The van der Waals surface area contributed by atoms with Crippen LogP contribution in [0.1, 0.15) is 12.8 Å². The van der Waals surface area contributed by atoms with E-state index in [0.29, 0.717) is 4.47 Å². The summed E-state index contributed by atoms with van der Waals surface area (Å²) in [7, 11) is 3.48. The summed E-state index contributed by atoms with van der Waals surface area (Å²) < 4.78 is 0.644. The molecule has 0 N–H and O–H groups in total. The zero-order valence-electron chi connectivity index (χ0n) is 11.4. The number of halogens is 1. The summed E-state index contributed by atoms with van der Waals surface area (Å²) in [5, 5.41) is 10.8. The van der Waals surface area contributed by atoms with Gasteiger partial charge in [0.05, 0.1) is 10.6 Å². The molecule has 1 saturated heterocycles. The lowest BCUT2D eigenvalue weighted by Gasteiger charge is -2.28. The first-order valence-corrected chi connectivity index (χ1v) is 7.13.